The van der Waals surface area contributed by atoms with Gasteiger partial charge in [-0.1, -0.05) is 13.8 Å². The number of rotatable bonds is 4. The predicted octanol–water partition coefficient (Wildman–Crippen LogP) is 1.32. The third kappa shape index (κ3) is 3.77. The van der Waals surface area contributed by atoms with E-state index in [9.17, 15) is 4.57 Å². The molecule has 0 aliphatic heterocycles. The summed E-state index contributed by atoms with van der Waals surface area (Å²) in [6.45, 7) is 7.39. The Hall–Kier alpha value is 0.110. The molecule has 0 aliphatic carbocycles. The van der Waals surface area contributed by atoms with Crippen LogP contribution in [0.5, 0.6) is 0 Å². The van der Waals surface area contributed by atoms with Crippen molar-refractivity contribution in [1.29, 1.82) is 0 Å². The van der Waals surface area contributed by atoms with Crippen LogP contribution in [0.1, 0.15) is 34.1 Å². The largest absolute Gasteiger partial charge is 0.331 e. The van der Waals surface area contributed by atoms with Gasteiger partial charge in [0, 0.05) is 0 Å². The van der Waals surface area contributed by atoms with Crippen molar-refractivity contribution in [2.75, 3.05) is 6.54 Å². The Morgan fingerprint density at radius 3 is 1.85 bits per heavy atom. The molecule has 0 rings (SSSR count). The fourth-order valence-corrected chi connectivity index (χ4v) is 1.98. The lowest BCUT2D eigenvalue weighted by Crippen LogP contribution is -2.33. The molecule has 0 amide bonds. The third-order valence-electron chi connectivity index (χ3n) is 2.25. The average molecular weight is 209 g/mol. The highest BCUT2D eigenvalue weighted by Gasteiger charge is 2.41. The number of nitrogens with two attached hydrogens (primary N) is 1. The highest BCUT2D eigenvalue weighted by atomic mass is 31.2. The summed E-state index contributed by atoms with van der Waals surface area (Å²) in [4.78, 5) is 18.1. The summed E-state index contributed by atoms with van der Waals surface area (Å²) in [5, 5.41) is -0.990. The topological polar surface area (TPSA) is 83.6 Å². The normalized spacial score (nSPS) is 14.7. The Balaban J connectivity index is 4.62. The molecular weight excluding hydrogens is 189 g/mol. The smallest absolute Gasteiger partial charge is 0.330 e. The van der Waals surface area contributed by atoms with Gasteiger partial charge in [0.25, 0.3) is 0 Å². The molecule has 0 atom stereocenters. The zero-order valence-corrected chi connectivity index (χ0v) is 9.64. The Morgan fingerprint density at radius 1 is 1.23 bits per heavy atom. The molecule has 0 heterocycles. The molecule has 13 heavy (non-hydrogen) atoms. The lowest BCUT2D eigenvalue weighted by Gasteiger charge is -2.34. The van der Waals surface area contributed by atoms with E-state index in [-0.39, 0.29) is 5.41 Å². The monoisotopic (exact) mass is 209 g/mol. The van der Waals surface area contributed by atoms with Gasteiger partial charge in [-0.3, -0.25) is 4.57 Å². The molecule has 0 spiro atoms. The van der Waals surface area contributed by atoms with Crippen LogP contribution in [0.25, 0.3) is 0 Å². The maximum absolute atomic E-state index is 11.1. The highest BCUT2D eigenvalue weighted by Crippen LogP contribution is 2.54. The zero-order chi connectivity index (χ0) is 10.9. The molecule has 4 nitrogen and oxygen atoms in total. The second-order valence-electron chi connectivity index (χ2n) is 4.90. The SMILES string of the molecule is CC(C)(CN)CC(C)(C)P(=O)(O)O. The van der Waals surface area contributed by atoms with Crippen molar-refractivity contribution >= 4 is 7.60 Å². The van der Waals surface area contributed by atoms with Crippen molar-refractivity contribution in [3.8, 4) is 0 Å². The molecule has 0 radical (unpaired) electrons. The first-order chi connectivity index (χ1) is 5.52. The third-order valence-corrected chi connectivity index (χ3v) is 3.99. The molecule has 5 heteroatoms. The van der Waals surface area contributed by atoms with Crippen LogP contribution >= 0.6 is 7.60 Å². The molecule has 0 aromatic carbocycles. The van der Waals surface area contributed by atoms with E-state index >= 15 is 0 Å². The van der Waals surface area contributed by atoms with Gasteiger partial charge in [-0.15, -0.1) is 0 Å². The molecule has 0 fully saturated rings. The standard InChI is InChI=1S/C8H20NO3P/c1-7(2,6-9)5-8(3,4)13(10,11)12/h5-6,9H2,1-4H3,(H2,10,11,12). The van der Waals surface area contributed by atoms with Gasteiger partial charge >= 0.3 is 7.60 Å². The minimum atomic E-state index is -4.03. The van der Waals surface area contributed by atoms with Crippen molar-refractivity contribution < 1.29 is 14.4 Å². The van der Waals surface area contributed by atoms with Crippen LogP contribution in [0.15, 0.2) is 0 Å². The van der Waals surface area contributed by atoms with Crippen LogP contribution in [0.2, 0.25) is 0 Å². The second kappa shape index (κ2) is 3.70. The first-order valence-electron chi connectivity index (χ1n) is 4.28. The van der Waals surface area contributed by atoms with Gasteiger partial charge in [-0.25, -0.2) is 0 Å². The van der Waals surface area contributed by atoms with Crippen LogP contribution in [0.4, 0.5) is 0 Å². The van der Waals surface area contributed by atoms with Crippen molar-refractivity contribution in [3.05, 3.63) is 0 Å². The van der Waals surface area contributed by atoms with Crippen LogP contribution in [0.3, 0.4) is 0 Å². The summed E-state index contributed by atoms with van der Waals surface area (Å²) >= 11 is 0. The summed E-state index contributed by atoms with van der Waals surface area (Å²) in [6, 6.07) is 0. The van der Waals surface area contributed by atoms with E-state index in [0.29, 0.717) is 13.0 Å². The van der Waals surface area contributed by atoms with E-state index < -0.39 is 12.8 Å². The van der Waals surface area contributed by atoms with Crippen LogP contribution in [-0.2, 0) is 4.57 Å². The minimum absolute atomic E-state index is 0.232. The molecule has 0 saturated carbocycles. The summed E-state index contributed by atoms with van der Waals surface area (Å²) in [7, 11) is -4.03. The van der Waals surface area contributed by atoms with Gasteiger partial charge in [-0.05, 0) is 32.2 Å². The van der Waals surface area contributed by atoms with E-state index in [4.69, 9.17) is 15.5 Å². The summed E-state index contributed by atoms with van der Waals surface area (Å²) in [6.07, 6.45) is 0.417. The molecule has 0 bridgehead atoms. The molecule has 0 aliphatic rings. The highest BCUT2D eigenvalue weighted by molar-refractivity contribution is 7.53. The second-order valence-corrected chi connectivity index (χ2v) is 7.20. The van der Waals surface area contributed by atoms with Gasteiger partial charge < -0.3 is 15.5 Å². The van der Waals surface area contributed by atoms with Crippen molar-refractivity contribution in [2.45, 2.75) is 39.3 Å². The molecule has 80 valence electrons. The fourth-order valence-electron chi connectivity index (χ4n) is 1.35. The van der Waals surface area contributed by atoms with Crippen LogP contribution in [-0.4, -0.2) is 21.5 Å². The lowest BCUT2D eigenvalue weighted by molar-refractivity contribution is 0.264. The van der Waals surface area contributed by atoms with Gasteiger partial charge in [0.15, 0.2) is 0 Å². The van der Waals surface area contributed by atoms with Gasteiger partial charge in [0.05, 0.1) is 5.16 Å². The van der Waals surface area contributed by atoms with Crippen molar-refractivity contribution in [3.63, 3.8) is 0 Å². The van der Waals surface area contributed by atoms with Crippen LogP contribution < -0.4 is 5.73 Å². The minimum Gasteiger partial charge on any atom is -0.330 e. The lowest BCUT2D eigenvalue weighted by atomic mass is 9.84. The van der Waals surface area contributed by atoms with E-state index in [1.54, 1.807) is 13.8 Å². The maximum atomic E-state index is 11.1. The molecule has 0 saturated heterocycles. The van der Waals surface area contributed by atoms with E-state index in [1.807, 2.05) is 13.8 Å². The van der Waals surface area contributed by atoms with Crippen molar-refractivity contribution in [1.82, 2.24) is 0 Å². The Kier molecular flexibility index (Phi) is 3.73. The molecule has 4 N–H and O–H groups in total. The van der Waals surface area contributed by atoms with Crippen LogP contribution in [0, 0.1) is 5.41 Å². The van der Waals surface area contributed by atoms with E-state index in [2.05, 4.69) is 0 Å². The summed E-state index contributed by atoms with van der Waals surface area (Å²) in [5.41, 5.74) is 5.27. The first-order valence-corrected chi connectivity index (χ1v) is 5.89. The Labute approximate surface area is 79.7 Å². The van der Waals surface area contributed by atoms with Gasteiger partial charge in [0.2, 0.25) is 0 Å². The molecular formula is C8H20NO3P. The molecule has 0 unspecified atom stereocenters. The predicted molar refractivity (Wildman–Crippen MR) is 53.6 cm³/mol. The number of hydrogen-bond donors (Lipinski definition) is 3. The zero-order valence-electron chi connectivity index (χ0n) is 8.74. The molecule has 0 aromatic heterocycles. The summed E-state index contributed by atoms with van der Waals surface area (Å²) in [5.74, 6) is 0. The van der Waals surface area contributed by atoms with Crippen molar-refractivity contribution in [2.24, 2.45) is 11.1 Å². The quantitative estimate of drug-likeness (QED) is 0.610. The number of hydrogen-bond acceptors (Lipinski definition) is 2. The van der Waals surface area contributed by atoms with Gasteiger partial charge in [-0.2, -0.15) is 0 Å². The average Bonchev–Trinajstić information content (AvgIpc) is 1.83. The fraction of sp³-hybridized carbons (Fsp3) is 1.00. The molecule has 0 aromatic rings. The Morgan fingerprint density at radius 2 is 1.62 bits per heavy atom. The maximum Gasteiger partial charge on any atom is 0.331 e. The Bertz CT molecular complexity index is 219. The van der Waals surface area contributed by atoms with E-state index in [1.165, 1.54) is 0 Å². The van der Waals surface area contributed by atoms with E-state index in [0.717, 1.165) is 0 Å². The first kappa shape index (κ1) is 13.1. The van der Waals surface area contributed by atoms with Gasteiger partial charge in [0.1, 0.15) is 0 Å². The summed E-state index contributed by atoms with van der Waals surface area (Å²) < 4.78 is 11.1.